The van der Waals surface area contributed by atoms with Gasteiger partial charge in [-0.2, -0.15) is 0 Å². The molecular weight excluding hydrogens is 459 g/mol. The third-order valence-electron chi connectivity index (χ3n) is 3.30. The number of guanidine groups is 1. The highest BCUT2D eigenvalue weighted by Crippen LogP contribution is 2.13. The van der Waals surface area contributed by atoms with Crippen molar-refractivity contribution in [1.82, 2.24) is 15.5 Å². The van der Waals surface area contributed by atoms with Gasteiger partial charge in [-0.05, 0) is 45.4 Å². The van der Waals surface area contributed by atoms with Crippen molar-refractivity contribution in [3.63, 3.8) is 0 Å². The number of nitrogens with one attached hydrogen (secondary N) is 2. The molecule has 0 saturated carbocycles. The third-order valence-corrected chi connectivity index (χ3v) is 3.30. The smallest absolute Gasteiger partial charge is 0.407 e. The van der Waals surface area contributed by atoms with Crippen molar-refractivity contribution < 1.29 is 14.3 Å². The lowest BCUT2D eigenvalue weighted by Gasteiger charge is -2.23. The molecule has 7 nitrogen and oxygen atoms in total. The molecule has 1 aromatic rings. The first kappa shape index (κ1) is 25.3. The molecule has 0 radical (unpaired) electrons. The van der Waals surface area contributed by atoms with E-state index in [2.05, 4.69) is 15.6 Å². The van der Waals surface area contributed by atoms with E-state index in [-0.39, 0.29) is 24.0 Å². The average molecular weight is 492 g/mol. The van der Waals surface area contributed by atoms with E-state index in [1.54, 1.807) is 7.05 Å². The molecule has 0 atom stereocenters. The summed E-state index contributed by atoms with van der Waals surface area (Å²) in [5.74, 6) is 1.62. The van der Waals surface area contributed by atoms with Gasteiger partial charge in [-0.25, -0.2) is 4.79 Å². The van der Waals surface area contributed by atoms with Gasteiger partial charge in [-0.1, -0.05) is 12.1 Å². The highest BCUT2D eigenvalue weighted by molar-refractivity contribution is 14.0. The van der Waals surface area contributed by atoms with E-state index in [1.807, 2.05) is 63.9 Å². The summed E-state index contributed by atoms with van der Waals surface area (Å²) in [7, 11) is 3.70. The molecule has 0 unspecified atom stereocenters. The van der Waals surface area contributed by atoms with Gasteiger partial charge in [-0.3, -0.25) is 4.99 Å². The molecule has 0 bridgehead atoms. The summed E-state index contributed by atoms with van der Waals surface area (Å²) in [6.45, 7) is 9.85. The quantitative estimate of drug-likeness (QED) is 0.265. The summed E-state index contributed by atoms with van der Waals surface area (Å²) in [4.78, 5) is 17.9. The maximum Gasteiger partial charge on any atom is 0.407 e. The van der Waals surface area contributed by atoms with Gasteiger partial charge >= 0.3 is 6.09 Å². The summed E-state index contributed by atoms with van der Waals surface area (Å²) in [6.07, 6.45) is -0.419. The zero-order chi connectivity index (χ0) is 19.6. The number of carbonyl (C=O) groups is 1. The van der Waals surface area contributed by atoms with E-state index in [4.69, 9.17) is 9.47 Å². The first-order chi connectivity index (χ1) is 12.2. The van der Waals surface area contributed by atoms with Crippen LogP contribution in [-0.4, -0.2) is 56.3 Å². The van der Waals surface area contributed by atoms with E-state index >= 15 is 0 Å². The van der Waals surface area contributed by atoms with Gasteiger partial charge in [0.1, 0.15) is 11.4 Å². The number of ether oxygens (including phenoxy) is 2. The molecule has 0 heterocycles. The van der Waals surface area contributed by atoms with Crippen molar-refractivity contribution in [2.75, 3.05) is 33.8 Å². The predicted octanol–water partition coefficient (Wildman–Crippen LogP) is 3.24. The molecule has 0 aromatic heterocycles. The minimum atomic E-state index is -0.495. The maximum absolute atomic E-state index is 11.6. The van der Waals surface area contributed by atoms with E-state index in [9.17, 15) is 4.79 Å². The Morgan fingerprint density at radius 3 is 2.26 bits per heavy atom. The summed E-state index contributed by atoms with van der Waals surface area (Å²) >= 11 is 0. The van der Waals surface area contributed by atoms with E-state index in [0.29, 0.717) is 26.2 Å². The number of aliphatic imine (C=N–C) groups is 1. The van der Waals surface area contributed by atoms with Gasteiger partial charge in [0.2, 0.25) is 0 Å². The standard InChI is InChI=1S/C19H32N4O3.HI/c1-7-25-16-10-8-15(9-11-16)14-23(6)17(20-5)21-12-13-22-18(24)26-19(2,3)4;/h8-11H,7,12-14H2,1-6H3,(H,20,21)(H,22,24);1H. The molecule has 0 saturated heterocycles. The van der Waals surface area contributed by atoms with Crippen molar-refractivity contribution in [3.8, 4) is 5.75 Å². The molecule has 0 fully saturated rings. The number of hydrogen-bond acceptors (Lipinski definition) is 4. The lowest BCUT2D eigenvalue weighted by Crippen LogP contribution is -2.43. The van der Waals surface area contributed by atoms with Crippen LogP contribution >= 0.6 is 24.0 Å². The Hall–Kier alpha value is -1.71. The number of alkyl carbamates (subject to hydrolysis) is 1. The second kappa shape index (κ2) is 12.6. The number of rotatable bonds is 7. The van der Waals surface area contributed by atoms with Crippen LogP contribution in [-0.2, 0) is 11.3 Å². The number of nitrogens with zero attached hydrogens (tertiary/aromatic N) is 2. The highest BCUT2D eigenvalue weighted by Gasteiger charge is 2.15. The molecule has 2 N–H and O–H groups in total. The number of carbonyl (C=O) groups excluding carboxylic acids is 1. The molecule has 1 rings (SSSR count). The van der Waals surface area contributed by atoms with Gasteiger partial charge in [0.05, 0.1) is 6.61 Å². The van der Waals surface area contributed by atoms with Crippen molar-refractivity contribution in [2.45, 2.75) is 39.8 Å². The topological polar surface area (TPSA) is 75.2 Å². The fourth-order valence-electron chi connectivity index (χ4n) is 2.24. The van der Waals surface area contributed by atoms with E-state index in [0.717, 1.165) is 17.3 Å². The minimum Gasteiger partial charge on any atom is -0.494 e. The molecule has 1 aromatic carbocycles. The minimum absolute atomic E-state index is 0. The highest BCUT2D eigenvalue weighted by atomic mass is 127. The van der Waals surface area contributed by atoms with Crippen LogP contribution in [0, 0.1) is 0 Å². The van der Waals surface area contributed by atoms with Crippen LogP contribution in [0.25, 0.3) is 0 Å². The molecule has 27 heavy (non-hydrogen) atoms. The van der Waals surface area contributed by atoms with Gasteiger partial charge < -0.3 is 25.0 Å². The summed E-state index contributed by atoms with van der Waals surface area (Å²) in [5.41, 5.74) is 0.664. The third kappa shape index (κ3) is 10.9. The Balaban J connectivity index is 0.00000676. The zero-order valence-electron chi connectivity index (χ0n) is 17.2. The van der Waals surface area contributed by atoms with Crippen molar-refractivity contribution in [2.24, 2.45) is 4.99 Å². The monoisotopic (exact) mass is 492 g/mol. The van der Waals surface area contributed by atoms with Crippen LogP contribution in [0.3, 0.4) is 0 Å². The molecule has 154 valence electrons. The zero-order valence-corrected chi connectivity index (χ0v) is 19.5. The van der Waals surface area contributed by atoms with Gasteiger partial charge in [-0.15, -0.1) is 24.0 Å². The second-order valence-electron chi connectivity index (χ2n) is 6.84. The Bertz CT molecular complexity index is 586. The molecule has 0 aliphatic rings. The van der Waals surface area contributed by atoms with Crippen LogP contribution < -0.4 is 15.4 Å². The summed E-state index contributed by atoms with van der Waals surface area (Å²) in [5, 5.41) is 5.93. The van der Waals surface area contributed by atoms with E-state index in [1.165, 1.54) is 0 Å². The Morgan fingerprint density at radius 2 is 1.74 bits per heavy atom. The fraction of sp³-hybridized carbons (Fsp3) is 0.579. The lowest BCUT2D eigenvalue weighted by molar-refractivity contribution is 0.0529. The lowest BCUT2D eigenvalue weighted by atomic mass is 10.2. The number of hydrogen-bond donors (Lipinski definition) is 2. The Kier molecular flexibility index (Phi) is 11.8. The molecule has 0 aliphatic carbocycles. The van der Waals surface area contributed by atoms with Gasteiger partial charge in [0, 0.05) is 33.7 Å². The summed E-state index contributed by atoms with van der Waals surface area (Å²) < 4.78 is 10.7. The molecular formula is C19H33IN4O3. The van der Waals surface area contributed by atoms with Crippen LogP contribution in [0.1, 0.15) is 33.3 Å². The first-order valence-electron chi connectivity index (χ1n) is 8.85. The van der Waals surface area contributed by atoms with Crippen LogP contribution in [0.15, 0.2) is 29.3 Å². The van der Waals surface area contributed by atoms with Gasteiger partial charge in [0.25, 0.3) is 0 Å². The molecule has 0 aliphatic heterocycles. The normalized spacial score (nSPS) is 11.3. The van der Waals surface area contributed by atoms with Gasteiger partial charge in [0.15, 0.2) is 5.96 Å². The van der Waals surface area contributed by atoms with E-state index < -0.39 is 11.7 Å². The Morgan fingerprint density at radius 1 is 1.15 bits per heavy atom. The average Bonchev–Trinajstić information content (AvgIpc) is 2.55. The molecule has 1 amide bonds. The molecule has 8 heteroatoms. The maximum atomic E-state index is 11.6. The SMILES string of the molecule is CCOc1ccc(CN(C)C(=NC)NCCNC(=O)OC(C)(C)C)cc1.I. The van der Waals surface area contributed by atoms with Crippen molar-refractivity contribution in [3.05, 3.63) is 29.8 Å². The van der Waals surface area contributed by atoms with Crippen molar-refractivity contribution >= 4 is 36.0 Å². The first-order valence-corrected chi connectivity index (χ1v) is 8.85. The van der Waals surface area contributed by atoms with Crippen LogP contribution in [0.2, 0.25) is 0 Å². The molecule has 0 spiro atoms. The number of halogens is 1. The van der Waals surface area contributed by atoms with Crippen LogP contribution in [0.5, 0.6) is 5.75 Å². The van der Waals surface area contributed by atoms with Crippen LogP contribution in [0.4, 0.5) is 4.79 Å². The number of amides is 1. The largest absolute Gasteiger partial charge is 0.494 e. The number of benzene rings is 1. The van der Waals surface area contributed by atoms with Crippen molar-refractivity contribution in [1.29, 1.82) is 0 Å². The summed E-state index contributed by atoms with van der Waals surface area (Å²) in [6, 6.07) is 8.01. The predicted molar refractivity (Wildman–Crippen MR) is 120 cm³/mol. The second-order valence-corrected chi connectivity index (χ2v) is 6.84. The Labute approximate surface area is 179 Å². The fourth-order valence-corrected chi connectivity index (χ4v) is 2.24.